The number of carbonyl (C=O) groups excluding carboxylic acids is 1. The summed E-state index contributed by atoms with van der Waals surface area (Å²) in [4.78, 5) is 24.9. The second-order valence-corrected chi connectivity index (χ2v) is 6.95. The third-order valence-corrected chi connectivity index (χ3v) is 5.02. The molecule has 0 radical (unpaired) electrons. The highest BCUT2D eigenvalue weighted by Crippen LogP contribution is 2.34. The lowest BCUT2D eigenvalue weighted by Crippen LogP contribution is -2.41. The van der Waals surface area contributed by atoms with Crippen molar-refractivity contribution in [3.8, 4) is 17.2 Å². The molecule has 2 aromatic carbocycles. The molecule has 0 saturated heterocycles. The van der Waals surface area contributed by atoms with Crippen molar-refractivity contribution in [2.24, 2.45) is 0 Å². The summed E-state index contributed by atoms with van der Waals surface area (Å²) >= 11 is 0. The Kier molecular flexibility index (Phi) is 5.03. The van der Waals surface area contributed by atoms with Crippen molar-refractivity contribution in [3.63, 3.8) is 0 Å². The predicted molar refractivity (Wildman–Crippen MR) is 100 cm³/mol. The number of carbonyl (C=O) groups is 1. The lowest BCUT2D eigenvalue weighted by molar-refractivity contribution is -0.385. The molecule has 0 heterocycles. The maximum Gasteiger partial charge on any atom is 0.270 e. The molecule has 1 aliphatic rings. The smallest absolute Gasteiger partial charge is 0.270 e. The van der Waals surface area contributed by atoms with Gasteiger partial charge in [-0.05, 0) is 62.4 Å². The minimum absolute atomic E-state index is 0.000969. The summed E-state index contributed by atoms with van der Waals surface area (Å²) in [5.41, 5.74) is 1.42. The Morgan fingerprint density at radius 3 is 2.37 bits per heavy atom. The van der Waals surface area contributed by atoms with Crippen LogP contribution in [0.1, 0.15) is 40.7 Å². The zero-order chi connectivity index (χ0) is 19.7. The molecule has 0 aromatic heterocycles. The van der Waals surface area contributed by atoms with E-state index in [0.29, 0.717) is 22.6 Å². The minimum Gasteiger partial charge on any atom is -0.507 e. The zero-order valence-electron chi connectivity index (χ0n) is 15.6. The van der Waals surface area contributed by atoms with Gasteiger partial charge in [0.2, 0.25) is 0 Å². The first-order chi connectivity index (χ1) is 12.8. The molecule has 142 valence electrons. The number of phenolic OH excluding ortho intramolecular Hbond substituents is 1. The van der Waals surface area contributed by atoms with Crippen LogP contribution >= 0.6 is 0 Å². The van der Waals surface area contributed by atoms with Gasteiger partial charge in [0.15, 0.2) is 0 Å². The van der Waals surface area contributed by atoms with Gasteiger partial charge in [0.25, 0.3) is 11.6 Å². The van der Waals surface area contributed by atoms with E-state index in [1.165, 1.54) is 24.3 Å². The largest absolute Gasteiger partial charge is 0.507 e. The van der Waals surface area contributed by atoms with Crippen molar-refractivity contribution >= 4 is 11.6 Å². The van der Waals surface area contributed by atoms with Crippen LogP contribution in [-0.2, 0) is 0 Å². The van der Waals surface area contributed by atoms with E-state index in [2.05, 4.69) is 0 Å². The number of amides is 1. The normalized spacial score (nSPS) is 13.7. The molecular weight excluding hydrogens is 348 g/mol. The van der Waals surface area contributed by atoms with Gasteiger partial charge in [-0.2, -0.15) is 0 Å². The van der Waals surface area contributed by atoms with Crippen molar-refractivity contribution in [1.29, 1.82) is 0 Å². The highest BCUT2D eigenvalue weighted by Gasteiger charge is 2.28. The quantitative estimate of drug-likeness (QED) is 0.624. The van der Waals surface area contributed by atoms with Gasteiger partial charge in [0, 0.05) is 25.2 Å². The average Bonchev–Trinajstić information content (AvgIpc) is 2.57. The summed E-state index contributed by atoms with van der Waals surface area (Å²) in [5.74, 6) is 0.533. The highest BCUT2D eigenvalue weighted by atomic mass is 16.6. The van der Waals surface area contributed by atoms with Gasteiger partial charge in [-0.25, -0.2) is 0 Å². The predicted octanol–water partition coefficient (Wildman–Crippen LogP) is 4.33. The first-order valence-corrected chi connectivity index (χ1v) is 8.81. The van der Waals surface area contributed by atoms with Crippen LogP contribution in [0.3, 0.4) is 0 Å². The van der Waals surface area contributed by atoms with Crippen LogP contribution in [0.2, 0.25) is 0 Å². The fraction of sp³-hybridized carbons (Fsp3) is 0.350. The Hall–Kier alpha value is -3.09. The van der Waals surface area contributed by atoms with Gasteiger partial charge in [-0.1, -0.05) is 0 Å². The van der Waals surface area contributed by atoms with Crippen molar-refractivity contribution in [1.82, 2.24) is 4.90 Å². The molecule has 1 fully saturated rings. The molecule has 7 heteroatoms. The maximum atomic E-state index is 12.7. The number of non-ortho nitro benzene ring substituents is 1. The van der Waals surface area contributed by atoms with E-state index in [9.17, 15) is 20.0 Å². The lowest BCUT2D eigenvalue weighted by Gasteiger charge is -2.34. The first-order valence-electron chi connectivity index (χ1n) is 8.81. The van der Waals surface area contributed by atoms with E-state index in [4.69, 9.17) is 4.74 Å². The van der Waals surface area contributed by atoms with Crippen LogP contribution < -0.4 is 4.74 Å². The van der Waals surface area contributed by atoms with Gasteiger partial charge < -0.3 is 14.7 Å². The van der Waals surface area contributed by atoms with Crippen molar-refractivity contribution in [3.05, 3.63) is 57.1 Å². The molecule has 0 bridgehead atoms. The maximum absolute atomic E-state index is 12.7. The molecule has 7 nitrogen and oxygen atoms in total. The molecule has 1 saturated carbocycles. The summed E-state index contributed by atoms with van der Waals surface area (Å²) in [6, 6.07) is 7.59. The fourth-order valence-corrected chi connectivity index (χ4v) is 3.19. The number of phenols is 1. The topological polar surface area (TPSA) is 92.9 Å². The van der Waals surface area contributed by atoms with Gasteiger partial charge in [-0.15, -0.1) is 0 Å². The number of rotatable bonds is 5. The molecule has 0 aliphatic heterocycles. The zero-order valence-corrected chi connectivity index (χ0v) is 15.6. The van der Waals surface area contributed by atoms with Crippen molar-refractivity contribution < 1.29 is 19.6 Å². The molecule has 0 unspecified atom stereocenters. The number of nitrogens with zero attached hydrogens (tertiary/aromatic N) is 2. The number of aromatic hydroxyl groups is 1. The molecule has 1 aliphatic carbocycles. The average molecular weight is 370 g/mol. The Morgan fingerprint density at radius 1 is 1.22 bits per heavy atom. The third kappa shape index (κ3) is 3.72. The first kappa shape index (κ1) is 18.7. The van der Waals surface area contributed by atoms with E-state index < -0.39 is 4.92 Å². The molecule has 27 heavy (non-hydrogen) atoms. The number of hydrogen-bond acceptors (Lipinski definition) is 5. The lowest BCUT2D eigenvalue weighted by atomic mass is 9.91. The summed E-state index contributed by atoms with van der Waals surface area (Å²) in [7, 11) is 1.74. The standard InChI is InChI=1S/C20H22N2O5/c1-12-9-15(22(25)26)10-13(2)19(12)27-16-7-8-18(23)17(11-16)20(24)21(3)14-5-4-6-14/h7-11,14,23H,4-6H2,1-3H3. The monoisotopic (exact) mass is 370 g/mol. The Bertz CT molecular complexity index is 882. The molecule has 3 rings (SSSR count). The Balaban J connectivity index is 1.88. The Labute approximate surface area is 157 Å². The molecule has 0 spiro atoms. The molecular formula is C20H22N2O5. The van der Waals surface area contributed by atoms with E-state index >= 15 is 0 Å². The SMILES string of the molecule is Cc1cc([N+](=O)[O-])cc(C)c1Oc1ccc(O)c(C(=O)N(C)C2CCC2)c1. The van der Waals surface area contributed by atoms with Crippen molar-refractivity contribution in [2.45, 2.75) is 39.2 Å². The van der Waals surface area contributed by atoms with Gasteiger partial charge in [0.1, 0.15) is 17.2 Å². The molecule has 0 atom stereocenters. The Morgan fingerprint density at radius 2 is 1.85 bits per heavy atom. The summed E-state index contributed by atoms with van der Waals surface area (Å²) in [6.07, 6.45) is 3.05. The number of hydrogen-bond donors (Lipinski definition) is 1. The number of aryl methyl sites for hydroxylation is 2. The summed E-state index contributed by atoms with van der Waals surface area (Å²) in [5, 5.41) is 21.1. The van der Waals surface area contributed by atoms with E-state index in [0.717, 1.165) is 19.3 Å². The number of benzene rings is 2. The molecule has 1 N–H and O–H groups in total. The van der Waals surface area contributed by atoms with Crippen LogP contribution in [0.15, 0.2) is 30.3 Å². The van der Waals surface area contributed by atoms with Gasteiger partial charge >= 0.3 is 0 Å². The third-order valence-electron chi connectivity index (χ3n) is 5.02. The molecule has 1 amide bonds. The summed E-state index contributed by atoms with van der Waals surface area (Å²) < 4.78 is 5.90. The number of nitro groups is 1. The highest BCUT2D eigenvalue weighted by molar-refractivity contribution is 5.97. The van der Waals surface area contributed by atoms with Crippen molar-refractivity contribution in [2.75, 3.05) is 7.05 Å². The number of nitro benzene ring substituents is 1. The van der Waals surface area contributed by atoms with Gasteiger partial charge in [0.05, 0.1) is 10.5 Å². The second-order valence-electron chi connectivity index (χ2n) is 6.95. The molecule has 2 aromatic rings. The van der Waals surface area contributed by atoms with E-state index in [1.807, 2.05) is 0 Å². The van der Waals surface area contributed by atoms with Crippen LogP contribution in [0, 0.1) is 24.0 Å². The minimum atomic E-state index is -0.447. The summed E-state index contributed by atoms with van der Waals surface area (Å²) in [6.45, 7) is 3.46. The second kappa shape index (κ2) is 7.26. The number of ether oxygens (including phenoxy) is 1. The fourth-order valence-electron chi connectivity index (χ4n) is 3.19. The van der Waals surface area contributed by atoms with Crippen LogP contribution in [-0.4, -0.2) is 33.9 Å². The van der Waals surface area contributed by atoms with Gasteiger partial charge in [-0.3, -0.25) is 14.9 Å². The van der Waals surface area contributed by atoms with Crippen LogP contribution in [0.4, 0.5) is 5.69 Å². The van der Waals surface area contributed by atoms with E-state index in [-0.39, 0.29) is 28.9 Å². The van der Waals surface area contributed by atoms with E-state index in [1.54, 1.807) is 31.9 Å². The van der Waals surface area contributed by atoms with Crippen LogP contribution in [0.25, 0.3) is 0 Å². The van der Waals surface area contributed by atoms with Crippen LogP contribution in [0.5, 0.6) is 17.2 Å².